The fourth-order valence-corrected chi connectivity index (χ4v) is 1.84. The number of hydrogen-bond acceptors (Lipinski definition) is 6. The number of halogens is 3. The zero-order valence-corrected chi connectivity index (χ0v) is 12.8. The van der Waals surface area contributed by atoms with Crippen LogP contribution in [0.1, 0.15) is 5.56 Å². The molecular formula is C15H10F3N5O3. The summed E-state index contributed by atoms with van der Waals surface area (Å²) < 4.78 is 37.1. The summed E-state index contributed by atoms with van der Waals surface area (Å²) in [6.45, 7) is 0. The minimum atomic E-state index is -5.08. The fraction of sp³-hybridized carbons (Fsp3) is 0.0667. The Morgan fingerprint density at radius 3 is 2.50 bits per heavy atom. The molecule has 0 aliphatic heterocycles. The molecule has 4 N–H and O–H groups in total. The number of aromatic amines is 1. The highest BCUT2D eigenvalue weighted by Gasteiger charge is 2.38. The van der Waals surface area contributed by atoms with Crippen molar-refractivity contribution in [2.45, 2.75) is 6.18 Å². The van der Waals surface area contributed by atoms with Crippen molar-refractivity contribution >= 4 is 11.8 Å². The van der Waals surface area contributed by atoms with Crippen LogP contribution in [0.25, 0.3) is 22.7 Å². The van der Waals surface area contributed by atoms with Crippen LogP contribution in [0.4, 0.5) is 19.0 Å². The number of nitrogens with zero attached hydrogens (tertiary/aromatic N) is 3. The summed E-state index contributed by atoms with van der Waals surface area (Å²) in [7, 11) is 0. The highest BCUT2D eigenvalue weighted by Crippen LogP contribution is 2.30. The molecule has 0 saturated carbocycles. The van der Waals surface area contributed by atoms with Crippen LogP contribution >= 0.6 is 0 Å². The molecule has 0 spiro atoms. The van der Waals surface area contributed by atoms with Crippen LogP contribution in [0.2, 0.25) is 0 Å². The summed E-state index contributed by atoms with van der Waals surface area (Å²) >= 11 is 0. The predicted molar refractivity (Wildman–Crippen MR) is 82.3 cm³/mol. The quantitative estimate of drug-likeness (QED) is 0.634. The lowest BCUT2D eigenvalue weighted by atomic mass is 10.1. The maximum Gasteiger partial charge on any atom is 0.490 e. The highest BCUT2D eigenvalue weighted by molar-refractivity contribution is 5.76. The topological polar surface area (TPSA) is 142 Å². The van der Waals surface area contributed by atoms with E-state index in [1.807, 2.05) is 6.07 Å². The average Bonchev–Trinajstić information content (AvgIpc) is 3.27. The van der Waals surface area contributed by atoms with Gasteiger partial charge in [-0.1, -0.05) is 0 Å². The number of nitrogen functional groups attached to an aromatic ring is 1. The second kappa shape index (κ2) is 7.39. The van der Waals surface area contributed by atoms with Crippen LogP contribution in [0.15, 0.2) is 41.1 Å². The van der Waals surface area contributed by atoms with Gasteiger partial charge in [-0.25, -0.2) is 9.78 Å². The van der Waals surface area contributed by atoms with E-state index in [4.69, 9.17) is 20.1 Å². The Balaban J connectivity index is 0.000000298. The van der Waals surface area contributed by atoms with Crippen LogP contribution in [-0.4, -0.2) is 32.4 Å². The smallest absolute Gasteiger partial charge is 0.475 e. The van der Waals surface area contributed by atoms with E-state index in [1.165, 1.54) is 0 Å². The molecule has 3 aromatic rings. The molecule has 0 atom stereocenters. The summed E-state index contributed by atoms with van der Waals surface area (Å²) in [5.74, 6) is -2.02. The van der Waals surface area contributed by atoms with E-state index in [-0.39, 0.29) is 5.82 Å². The van der Waals surface area contributed by atoms with Gasteiger partial charge in [0.05, 0.1) is 12.0 Å². The number of nitrogens with one attached hydrogen (secondary N) is 1. The molecule has 0 amide bonds. The lowest BCUT2D eigenvalue weighted by Gasteiger charge is -2.06. The van der Waals surface area contributed by atoms with E-state index in [2.05, 4.69) is 15.2 Å². The number of carboxylic acid groups (broad SMARTS) is 1. The lowest BCUT2D eigenvalue weighted by molar-refractivity contribution is -0.192. The van der Waals surface area contributed by atoms with E-state index in [9.17, 15) is 18.4 Å². The molecule has 0 aliphatic carbocycles. The van der Waals surface area contributed by atoms with E-state index in [0.29, 0.717) is 28.3 Å². The van der Waals surface area contributed by atoms with Crippen molar-refractivity contribution in [2.24, 2.45) is 0 Å². The van der Waals surface area contributed by atoms with Crippen LogP contribution in [0.5, 0.6) is 0 Å². The minimum Gasteiger partial charge on any atom is -0.475 e. The highest BCUT2D eigenvalue weighted by atomic mass is 19.4. The van der Waals surface area contributed by atoms with E-state index in [0.717, 1.165) is 0 Å². The molecule has 0 bridgehead atoms. The van der Waals surface area contributed by atoms with Crippen molar-refractivity contribution in [1.82, 2.24) is 15.2 Å². The molecule has 26 heavy (non-hydrogen) atoms. The molecule has 0 radical (unpaired) electrons. The number of pyridine rings is 1. The van der Waals surface area contributed by atoms with Crippen molar-refractivity contribution in [3.8, 4) is 28.8 Å². The molecular weight excluding hydrogens is 355 g/mol. The first kappa shape index (κ1) is 18.5. The van der Waals surface area contributed by atoms with Gasteiger partial charge in [-0.3, -0.25) is 5.10 Å². The van der Waals surface area contributed by atoms with Gasteiger partial charge in [0, 0.05) is 11.8 Å². The van der Waals surface area contributed by atoms with Gasteiger partial charge >= 0.3 is 12.1 Å². The SMILES string of the molecule is N#Cc1c(-c2ccco2)cc(-c2cc[nH]n2)nc1N.O=C(O)C(F)(F)F. The number of nitrogens with two attached hydrogens (primary N) is 1. The predicted octanol–water partition coefficient (Wildman–Crippen LogP) is 2.82. The Labute approximate surface area is 143 Å². The largest absolute Gasteiger partial charge is 0.490 e. The van der Waals surface area contributed by atoms with Gasteiger partial charge in [0.2, 0.25) is 0 Å². The van der Waals surface area contributed by atoms with Gasteiger partial charge in [-0.15, -0.1) is 0 Å². The molecule has 3 rings (SSSR count). The summed E-state index contributed by atoms with van der Waals surface area (Å²) in [5.41, 5.74) is 7.98. The molecule has 0 aromatic carbocycles. The molecule has 0 saturated heterocycles. The van der Waals surface area contributed by atoms with Gasteiger partial charge < -0.3 is 15.3 Å². The van der Waals surface area contributed by atoms with Gasteiger partial charge in [-0.2, -0.15) is 23.5 Å². The third-order valence-electron chi connectivity index (χ3n) is 2.95. The second-order valence-corrected chi connectivity index (χ2v) is 4.67. The van der Waals surface area contributed by atoms with Gasteiger partial charge in [-0.05, 0) is 24.3 Å². The molecule has 0 unspecified atom stereocenters. The Hall–Kier alpha value is -3.81. The number of alkyl halides is 3. The van der Waals surface area contributed by atoms with Gasteiger partial charge in [0.25, 0.3) is 0 Å². The molecule has 3 aromatic heterocycles. The molecule has 0 fully saturated rings. The van der Waals surface area contributed by atoms with Crippen LogP contribution < -0.4 is 5.73 Å². The third kappa shape index (κ3) is 4.18. The Morgan fingerprint density at radius 1 is 1.35 bits per heavy atom. The zero-order valence-electron chi connectivity index (χ0n) is 12.8. The summed E-state index contributed by atoms with van der Waals surface area (Å²) in [6, 6.07) is 9.09. The minimum absolute atomic E-state index is 0.161. The number of nitriles is 1. The first-order valence-electron chi connectivity index (χ1n) is 6.78. The Bertz CT molecular complexity index is 929. The number of carboxylic acids is 1. The number of aliphatic carboxylic acids is 1. The Morgan fingerprint density at radius 2 is 2.04 bits per heavy atom. The maximum absolute atomic E-state index is 10.6. The fourth-order valence-electron chi connectivity index (χ4n) is 1.84. The van der Waals surface area contributed by atoms with Gasteiger partial charge in [0.15, 0.2) is 0 Å². The zero-order chi connectivity index (χ0) is 19.3. The lowest BCUT2D eigenvalue weighted by Crippen LogP contribution is -2.21. The van der Waals surface area contributed by atoms with Crippen molar-refractivity contribution in [3.63, 3.8) is 0 Å². The summed E-state index contributed by atoms with van der Waals surface area (Å²) in [5, 5.41) is 23.1. The van der Waals surface area contributed by atoms with Crippen LogP contribution in [0, 0.1) is 11.3 Å². The second-order valence-electron chi connectivity index (χ2n) is 4.67. The third-order valence-corrected chi connectivity index (χ3v) is 2.95. The normalized spacial score (nSPS) is 10.5. The molecule has 8 nitrogen and oxygen atoms in total. The van der Waals surface area contributed by atoms with Gasteiger partial charge in [0.1, 0.15) is 28.9 Å². The van der Waals surface area contributed by atoms with Crippen molar-refractivity contribution in [2.75, 3.05) is 5.73 Å². The molecule has 3 heterocycles. The monoisotopic (exact) mass is 365 g/mol. The van der Waals surface area contributed by atoms with E-state index < -0.39 is 12.1 Å². The van der Waals surface area contributed by atoms with E-state index >= 15 is 0 Å². The van der Waals surface area contributed by atoms with Crippen molar-refractivity contribution in [1.29, 1.82) is 5.26 Å². The number of H-pyrrole nitrogens is 1. The molecule has 134 valence electrons. The first-order chi connectivity index (χ1) is 12.2. The maximum atomic E-state index is 10.6. The molecule has 11 heteroatoms. The number of furan rings is 1. The van der Waals surface area contributed by atoms with Crippen molar-refractivity contribution < 1.29 is 27.5 Å². The number of anilines is 1. The standard InChI is InChI=1S/C13H9N5O.C2HF3O2/c14-7-9-8(12-2-1-5-19-12)6-11(17-13(9)15)10-3-4-16-18-10;3-2(4,5)1(6)7/h1-6H,(H2,15,17)(H,16,18);(H,6,7). The van der Waals surface area contributed by atoms with Crippen molar-refractivity contribution in [3.05, 3.63) is 42.3 Å². The Kier molecular flexibility index (Phi) is 5.27. The number of carbonyl (C=O) groups is 1. The number of rotatable bonds is 2. The van der Waals surface area contributed by atoms with E-state index in [1.54, 1.807) is 36.7 Å². The van der Waals surface area contributed by atoms with Crippen LogP contribution in [0.3, 0.4) is 0 Å². The number of aromatic nitrogens is 3. The summed E-state index contributed by atoms with van der Waals surface area (Å²) in [6.07, 6.45) is -1.85. The first-order valence-corrected chi connectivity index (χ1v) is 6.78. The molecule has 0 aliphatic rings. The summed E-state index contributed by atoms with van der Waals surface area (Å²) in [4.78, 5) is 13.1. The number of hydrogen-bond donors (Lipinski definition) is 3. The van der Waals surface area contributed by atoms with Crippen LogP contribution in [-0.2, 0) is 4.79 Å². The average molecular weight is 365 g/mol.